The lowest BCUT2D eigenvalue weighted by molar-refractivity contribution is -0.130. The molecule has 0 amide bonds. The molecule has 2 aromatic rings. The third-order valence-corrected chi connectivity index (χ3v) is 3.32. The van der Waals surface area contributed by atoms with Crippen LogP contribution in [0.1, 0.15) is 25.0 Å². The Hall–Kier alpha value is -3.40. The van der Waals surface area contributed by atoms with E-state index in [0.29, 0.717) is 22.6 Å². The van der Waals surface area contributed by atoms with Crippen molar-refractivity contribution >= 4 is 24.1 Å². The maximum atomic E-state index is 11.6. The number of carbonyl (C=O) groups excluding carboxylic acids is 2. The molecule has 132 valence electrons. The van der Waals surface area contributed by atoms with Crippen LogP contribution in [0.3, 0.4) is 0 Å². The lowest BCUT2D eigenvalue weighted by atomic mass is 10.1. The van der Waals surface area contributed by atoms with Crippen molar-refractivity contribution in [2.45, 2.75) is 13.8 Å². The number of carbonyl (C=O) groups is 2. The van der Waals surface area contributed by atoms with Gasteiger partial charge in [0.05, 0.1) is 0 Å². The van der Waals surface area contributed by atoms with E-state index in [1.54, 1.807) is 44.2 Å². The average molecular weight is 348 g/mol. The van der Waals surface area contributed by atoms with Gasteiger partial charge in [0, 0.05) is 11.1 Å². The zero-order valence-corrected chi connectivity index (χ0v) is 14.8. The van der Waals surface area contributed by atoms with E-state index in [-0.39, 0.29) is 0 Å². The Morgan fingerprint density at radius 1 is 0.769 bits per heavy atom. The molecule has 0 unspecified atom stereocenters. The minimum absolute atomic E-state index is 0.346. The van der Waals surface area contributed by atoms with Gasteiger partial charge in [-0.05, 0) is 49.2 Å². The predicted molar refractivity (Wildman–Crippen MR) is 103 cm³/mol. The van der Waals surface area contributed by atoms with Crippen LogP contribution in [0.25, 0.3) is 12.2 Å². The molecule has 0 saturated heterocycles. The van der Waals surface area contributed by atoms with Gasteiger partial charge in [-0.25, -0.2) is 9.59 Å². The van der Waals surface area contributed by atoms with Gasteiger partial charge in [-0.15, -0.1) is 0 Å². The van der Waals surface area contributed by atoms with Gasteiger partial charge < -0.3 is 9.47 Å². The first-order chi connectivity index (χ1) is 12.3. The van der Waals surface area contributed by atoms with Crippen LogP contribution in [0.5, 0.6) is 11.5 Å². The Kier molecular flexibility index (Phi) is 6.28. The molecule has 0 N–H and O–H groups in total. The van der Waals surface area contributed by atoms with Crippen molar-refractivity contribution < 1.29 is 19.1 Å². The molecule has 0 aromatic heterocycles. The molecule has 0 bridgehead atoms. The lowest BCUT2D eigenvalue weighted by Gasteiger charge is -2.05. The van der Waals surface area contributed by atoms with Crippen molar-refractivity contribution in [1.82, 2.24) is 0 Å². The monoisotopic (exact) mass is 348 g/mol. The third-order valence-electron chi connectivity index (χ3n) is 3.32. The van der Waals surface area contributed by atoms with Gasteiger partial charge in [-0.2, -0.15) is 0 Å². The summed E-state index contributed by atoms with van der Waals surface area (Å²) in [6.45, 7) is 10.3. The zero-order valence-electron chi connectivity index (χ0n) is 14.8. The first kappa shape index (κ1) is 18.9. The first-order valence-corrected chi connectivity index (χ1v) is 7.99. The lowest BCUT2D eigenvalue weighted by Crippen LogP contribution is -2.08. The number of rotatable bonds is 6. The second kappa shape index (κ2) is 8.62. The summed E-state index contributed by atoms with van der Waals surface area (Å²) in [7, 11) is 0. The summed E-state index contributed by atoms with van der Waals surface area (Å²) in [5.41, 5.74) is 2.51. The van der Waals surface area contributed by atoms with E-state index in [2.05, 4.69) is 13.2 Å². The molecule has 0 fully saturated rings. The van der Waals surface area contributed by atoms with Crippen LogP contribution in [0.2, 0.25) is 0 Å². The first-order valence-electron chi connectivity index (χ1n) is 7.99. The highest BCUT2D eigenvalue weighted by Crippen LogP contribution is 2.18. The number of benzene rings is 2. The second-order valence-electron chi connectivity index (χ2n) is 5.81. The summed E-state index contributed by atoms with van der Waals surface area (Å²) < 4.78 is 10.4. The Bertz CT molecular complexity index is 873. The predicted octanol–water partition coefficient (Wildman–Crippen LogP) is 4.82. The SMILES string of the molecule is C=C(C)C(=O)Oc1ccc(/C=C/c2cccc(OC(=O)C(=C)C)c2)cc1. The van der Waals surface area contributed by atoms with Gasteiger partial charge in [0.1, 0.15) is 11.5 Å². The number of esters is 2. The Labute approximate surface area is 153 Å². The highest BCUT2D eigenvalue weighted by Gasteiger charge is 2.06. The van der Waals surface area contributed by atoms with Crippen LogP contribution < -0.4 is 9.47 Å². The fourth-order valence-electron chi connectivity index (χ4n) is 1.91. The third kappa shape index (κ3) is 5.60. The number of ether oxygens (including phenoxy) is 2. The smallest absolute Gasteiger partial charge is 0.338 e. The average Bonchev–Trinajstić information content (AvgIpc) is 2.61. The molecule has 26 heavy (non-hydrogen) atoms. The highest BCUT2D eigenvalue weighted by atomic mass is 16.5. The van der Waals surface area contributed by atoms with Crippen molar-refractivity contribution in [2.75, 3.05) is 0 Å². The summed E-state index contributed by atoms with van der Waals surface area (Å²) in [5.74, 6) is 0.0199. The molecule has 0 atom stereocenters. The van der Waals surface area contributed by atoms with Crippen LogP contribution in [0.4, 0.5) is 0 Å². The minimum Gasteiger partial charge on any atom is -0.423 e. The Balaban J connectivity index is 2.05. The fraction of sp³-hybridized carbons (Fsp3) is 0.0909. The van der Waals surface area contributed by atoms with E-state index < -0.39 is 11.9 Å². The van der Waals surface area contributed by atoms with Crippen molar-refractivity contribution in [3.8, 4) is 11.5 Å². The van der Waals surface area contributed by atoms with E-state index in [1.165, 1.54) is 0 Å². The second-order valence-corrected chi connectivity index (χ2v) is 5.81. The van der Waals surface area contributed by atoms with Gasteiger partial charge in [-0.1, -0.05) is 49.6 Å². The molecule has 0 saturated carbocycles. The van der Waals surface area contributed by atoms with Crippen molar-refractivity contribution in [1.29, 1.82) is 0 Å². The maximum absolute atomic E-state index is 11.6. The molecule has 0 radical (unpaired) electrons. The molecule has 0 heterocycles. The molecular formula is C22H20O4. The Morgan fingerprint density at radius 2 is 1.31 bits per heavy atom. The molecule has 0 spiro atoms. The maximum Gasteiger partial charge on any atom is 0.338 e. The fourth-order valence-corrected chi connectivity index (χ4v) is 1.91. The standard InChI is InChI=1S/C22H20O4/c1-15(2)21(23)25-19-12-10-17(11-13-19)8-9-18-6-5-7-20(14-18)26-22(24)16(3)4/h5-14H,1,3H2,2,4H3/b9-8+. The number of hydrogen-bond donors (Lipinski definition) is 0. The quantitative estimate of drug-likeness (QED) is 0.325. The summed E-state index contributed by atoms with van der Waals surface area (Å²) in [6, 6.07) is 14.3. The van der Waals surface area contributed by atoms with Gasteiger partial charge >= 0.3 is 11.9 Å². The molecule has 2 rings (SSSR count). The van der Waals surface area contributed by atoms with Crippen LogP contribution in [-0.2, 0) is 9.59 Å². The molecule has 2 aromatic carbocycles. The van der Waals surface area contributed by atoms with E-state index in [9.17, 15) is 9.59 Å². The zero-order chi connectivity index (χ0) is 19.1. The van der Waals surface area contributed by atoms with Crippen LogP contribution >= 0.6 is 0 Å². The normalized spacial score (nSPS) is 10.4. The van der Waals surface area contributed by atoms with Gasteiger partial charge in [0.15, 0.2) is 0 Å². The van der Waals surface area contributed by atoms with E-state index >= 15 is 0 Å². The van der Waals surface area contributed by atoms with E-state index in [4.69, 9.17) is 9.47 Å². The highest BCUT2D eigenvalue weighted by molar-refractivity contribution is 5.89. The molecule has 0 aliphatic carbocycles. The summed E-state index contributed by atoms with van der Waals surface area (Å²) >= 11 is 0. The summed E-state index contributed by atoms with van der Waals surface area (Å²) in [6.07, 6.45) is 3.80. The Morgan fingerprint density at radius 3 is 1.88 bits per heavy atom. The van der Waals surface area contributed by atoms with Gasteiger partial charge in [0.2, 0.25) is 0 Å². The molecule has 0 aliphatic heterocycles. The molecule has 0 aliphatic rings. The van der Waals surface area contributed by atoms with E-state index in [0.717, 1.165) is 11.1 Å². The largest absolute Gasteiger partial charge is 0.423 e. The van der Waals surface area contributed by atoms with Crippen LogP contribution in [0, 0.1) is 0 Å². The molecular weight excluding hydrogens is 328 g/mol. The van der Waals surface area contributed by atoms with Crippen LogP contribution in [0.15, 0.2) is 72.8 Å². The van der Waals surface area contributed by atoms with Crippen molar-refractivity contribution in [3.05, 3.63) is 84.0 Å². The number of hydrogen-bond acceptors (Lipinski definition) is 4. The summed E-state index contributed by atoms with van der Waals surface area (Å²) in [5, 5.41) is 0. The molecule has 4 heteroatoms. The topological polar surface area (TPSA) is 52.6 Å². The summed E-state index contributed by atoms with van der Waals surface area (Å²) in [4.78, 5) is 23.1. The van der Waals surface area contributed by atoms with Gasteiger partial charge in [-0.3, -0.25) is 0 Å². The van der Waals surface area contributed by atoms with Crippen molar-refractivity contribution in [3.63, 3.8) is 0 Å². The minimum atomic E-state index is -0.453. The van der Waals surface area contributed by atoms with E-state index in [1.807, 2.05) is 30.4 Å². The molecule has 4 nitrogen and oxygen atoms in total. The van der Waals surface area contributed by atoms with Crippen molar-refractivity contribution in [2.24, 2.45) is 0 Å². The van der Waals surface area contributed by atoms with Gasteiger partial charge in [0.25, 0.3) is 0 Å². The van der Waals surface area contributed by atoms with Crippen LogP contribution in [-0.4, -0.2) is 11.9 Å².